The van der Waals surface area contributed by atoms with Crippen LogP contribution in [0.2, 0.25) is 0 Å². The van der Waals surface area contributed by atoms with Gasteiger partial charge in [0.1, 0.15) is 5.75 Å². The van der Waals surface area contributed by atoms with Crippen molar-refractivity contribution in [2.24, 2.45) is 5.73 Å². The number of benzene rings is 1. The molecule has 2 N–H and O–H groups in total. The van der Waals surface area contributed by atoms with Crippen molar-refractivity contribution < 1.29 is 4.74 Å². The topological polar surface area (TPSA) is 35.2 Å². The summed E-state index contributed by atoms with van der Waals surface area (Å²) in [6, 6.07) is 6.55. The van der Waals surface area contributed by atoms with Crippen LogP contribution in [0.3, 0.4) is 0 Å². The molecule has 0 aliphatic carbocycles. The van der Waals surface area contributed by atoms with Crippen LogP contribution in [0.25, 0.3) is 0 Å². The molecule has 0 aromatic heterocycles. The molecule has 0 saturated carbocycles. The number of nitrogens with two attached hydrogens (primary N) is 1. The maximum absolute atomic E-state index is 5.74. The molecule has 0 aliphatic heterocycles. The average molecular weight is 207 g/mol. The van der Waals surface area contributed by atoms with Crippen LogP contribution in [0.4, 0.5) is 0 Å². The van der Waals surface area contributed by atoms with Crippen molar-refractivity contribution in [1.82, 2.24) is 0 Å². The van der Waals surface area contributed by atoms with Gasteiger partial charge in [-0.25, -0.2) is 0 Å². The predicted molar refractivity (Wildman–Crippen MR) is 64.3 cm³/mol. The molecule has 0 saturated heterocycles. The molecule has 1 aromatic rings. The van der Waals surface area contributed by atoms with E-state index in [0.29, 0.717) is 0 Å². The van der Waals surface area contributed by atoms with Crippen LogP contribution in [-0.2, 0) is 6.42 Å². The molecule has 0 aliphatic rings. The average Bonchev–Trinajstić information content (AvgIpc) is 2.17. The summed E-state index contributed by atoms with van der Waals surface area (Å²) in [6.07, 6.45) is 2.09. The third-order valence-corrected chi connectivity index (χ3v) is 2.49. The van der Waals surface area contributed by atoms with Gasteiger partial charge >= 0.3 is 0 Å². The Morgan fingerprint density at radius 2 is 2.13 bits per heavy atom. The summed E-state index contributed by atoms with van der Waals surface area (Å²) < 4.78 is 5.44. The molecule has 2 heteroatoms. The zero-order valence-electron chi connectivity index (χ0n) is 9.92. The van der Waals surface area contributed by atoms with E-state index in [2.05, 4.69) is 19.1 Å². The molecule has 0 fully saturated rings. The second-order valence-corrected chi connectivity index (χ2v) is 4.04. The second kappa shape index (κ2) is 5.76. The highest BCUT2D eigenvalue weighted by Crippen LogP contribution is 2.18. The van der Waals surface area contributed by atoms with Crippen LogP contribution in [0.15, 0.2) is 18.2 Å². The minimum atomic E-state index is 0.274. The Morgan fingerprint density at radius 1 is 1.40 bits per heavy atom. The highest BCUT2D eigenvalue weighted by Gasteiger charge is 2.02. The molecule has 2 nitrogen and oxygen atoms in total. The van der Waals surface area contributed by atoms with E-state index in [1.54, 1.807) is 0 Å². The first kappa shape index (κ1) is 12.1. The van der Waals surface area contributed by atoms with Gasteiger partial charge in [0, 0.05) is 6.04 Å². The van der Waals surface area contributed by atoms with E-state index in [1.807, 2.05) is 19.9 Å². The van der Waals surface area contributed by atoms with Crippen LogP contribution in [0.1, 0.15) is 31.4 Å². The van der Waals surface area contributed by atoms with Crippen LogP contribution in [0, 0.1) is 6.92 Å². The Kier molecular flexibility index (Phi) is 4.63. The van der Waals surface area contributed by atoms with E-state index in [4.69, 9.17) is 10.5 Å². The summed E-state index contributed by atoms with van der Waals surface area (Å²) in [5.41, 5.74) is 8.41. The third kappa shape index (κ3) is 3.92. The van der Waals surface area contributed by atoms with Crippen molar-refractivity contribution >= 4 is 0 Å². The van der Waals surface area contributed by atoms with E-state index < -0.39 is 0 Å². The number of ether oxygens (including phenoxy) is 1. The zero-order valence-corrected chi connectivity index (χ0v) is 9.92. The smallest absolute Gasteiger partial charge is 0.119 e. The first-order valence-electron chi connectivity index (χ1n) is 5.61. The van der Waals surface area contributed by atoms with Crippen molar-refractivity contribution in [2.45, 2.75) is 39.7 Å². The van der Waals surface area contributed by atoms with Crippen molar-refractivity contribution in [3.05, 3.63) is 29.3 Å². The van der Waals surface area contributed by atoms with Crippen LogP contribution in [0.5, 0.6) is 5.75 Å². The van der Waals surface area contributed by atoms with Gasteiger partial charge in [-0.05, 0) is 56.9 Å². The van der Waals surface area contributed by atoms with Gasteiger partial charge in [0.25, 0.3) is 0 Å². The van der Waals surface area contributed by atoms with Gasteiger partial charge < -0.3 is 10.5 Å². The van der Waals surface area contributed by atoms with Gasteiger partial charge in [0.2, 0.25) is 0 Å². The second-order valence-electron chi connectivity index (χ2n) is 4.04. The monoisotopic (exact) mass is 207 g/mol. The Labute approximate surface area is 92.4 Å². The van der Waals surface area contributed by atoms with E-state index in [9.17, 15) is 0 Å². The Hall–Kier alpha value is -1.02. The first-order valence-corrected chi connectivity index (χ1v) is 5.61. The number of aryl methyl sites for hydroxylation is 2. The van der Waals surface area contributed by atoms with Crippen molar-refractivity contribution in [3.8, 4) is 5.75 Å². The fraction of sp³-hybridized carbons (Fsp3) is 0.538. The van der Waals surface area contributed by atoms with Gasteiger partial charge in [0.05, 0.1) is 6.61 Å². The molecule has 0 bridgehead atoms. The van der Waals surface area contributed by atoms with E-state index in [0.717, 1.165) is 25.2 Å². The SMILES string of the molecule is CCOc1ccc(CC[C@@H](C)N)c(C)c1. The lowest BCUT2D eigenvalue weighted by atomic mass is 10.0. The summed E-state index contributed by atoms with van der Waals surface area (Å²) in [7, 11) is 0. The van der Waals surface area contributed by atoms with Gasteiger partial charge in [-0.3, -0.25) is 0 Å². The minimum absolute atomic E-state index is 0.274. The molecular weight excluding hydrogens is 186 g/mol. The summed E-state index contributed by atoms with van der Waals surface area (Å²) in [6.45, 7) is 6.89. The highest BCUT2D eigenvalue weighted by atomic mass is 16.5. The normalized spacial score (nSPS) is 12.5. The number of hydrogen-bond donors (Lipinski definition) is 1. The Balaban J connectivity index is 2.66. The molecule has 0 radical (unpaired) electrons. The summed E-state index contributed by atoms with van der Waals surface area (Å²) in [5.74, 6) is 0.958. The quantitative estimate of drug-likeness (QED) is 0.805. The summed E-state index contributed by atoms with van der Waals surface area (Å²) in [4.78, 5) is 0. The maximum atomic E-state index is 5.74. The fourth-order valence-corrected chi connectivity index (χ4v) is 1.59. The van der Waals surface area contributed by atoms with Gasteiger partial charge in [0.15, 0.2) is 0 Å². The lowest BCUT2D eigenvalue weighted by Gasteiger charge is -2.10. The zero-order chi connectivity index (χ0) is 11.3. The van der Waals surface area contributed by atoms with Crippen LogP contribution >= 0.6 is 0 Å². The molecule has 15 heavy (non-hydrogen) atoms. The number of rotatable bonds is 5. The molecule has 1 aromatic carbocycles. The van der Waals surface area contributed by atoms with E-state index in [1.165, 1.54) is 11.1 Å². The fourth-order valence-electron chi connectivity index (χ4n) is 1.59. The molecule has 1 rings (SSSR count). The summed E-state index contributed by atoms with van der Waals surface area (Å²) in [5, 5.41) is 0. The van der Waals surface area contributed by atoms with Gasteiger partial charge in [-0.15, -0.1) is 0 Å². The molecule has 1 atom stereocenters. The third-order valence-electron chi connectivity index (χ3n) is 2.49. The molecular formula is C13H21NO. The standard InChI is InChI=1S/C13H21NO/c1-4-15-13-8-7-12(10(2)9-13)6-5-11(3)14/h7-9,11H,4-6,14H2,1-3H3/t11-/m1/s1. The van der Waals surface area contributed by atoms with Crippen molar-refractivity contribution in [3.63, 3.8) is 0 Å². The van der Waals surface area contributed by atoms with Gasteiger partial charge in [-0.2, -0.15) is 0 Å². The molecule has 0 spiro atoms. The van der Waals surface area contributed by atoms with Crippen molar-refractivity contribution in [1.29, 1.82) is 0 Å². The van der Waals surface area contributed by atoms with E-state index in [-0.39, 0.29) is 6.04 Å². The lowest BCUT2D eigenvalue weighted by molar-refractivity contribution is 0.340. The lowest BCUT2D eigenvalue weighted by Crippen LogP contribution is -2.15. The van der Waals surface area contributed by atoms with Crippen LogP contribution in [-0.4, -0.2) is 12.6 Å². The predicted octanol–water partition coefficient (Wildman–Crippen LogP) is 2.67. The Morgan fingerprint density at radius 3 is 2.67 bits per heavy atom. The molecule has 0 unspecified atom stereocenters. The van der Waals surface area contributed by atoms with Crippen molar-refractivity contribution in [2.75, 3.05) is 6.61 Å². The first-order chi connectivity index (χ1) is 7.13. The molecule has 0 amide bonds. The largest absolute Gasteiger partial charge is 0.494 e. The van der Waals surface area contributed by atoms with Gasteiger partial charge in [-0.1, -0.05) is 6.07 Å². The van der Waals surface area contributed by atoms with Crippen LogP contribution < -0.4 is 10.5 Å². The Bertz CT molecular complexity index is 307. The highest BCUT2D eigenvalue weighted by molar-refractivity contribution is 5.34. The summed E-state index contributed by atoms with van der Waals surface area (Å²) >= 11 is 0. The number of hydrogen-bond acceptors (Lipinski definition) is 2. The molecule has 84 valence electrons. The molecule has 0 heterocycles. The van der Waals surface area contributed by atoms with E-state index >= 15 is 0 Å². The minimum Gasteiger partial charge on any atom is -0.494 e. The maximum Gasteiger partial charge on any atom is 0.119 e.